The molecule has 0 unspecified atom stereocenters. The molecule has 3 rings (SSSR count). The molecule has 0 bridgehead atoms. The van der Waals surface area contributed by atoms with E-state index in [4.69, 9.17) is 16.4 Å². The van der Waals surface area contributed by atoms with Gasteiger partial charge in [-0.1, -0.05) is 28.8 Å². The molecule has 0 fully saturated rings. The normalized spacial score (nSPS) is 12.8. The summed E-state index contributed by atoms with van der Waals surface area (Å²) in [5.74, 6) is -3.11. The van der Waals surface area contributed by atoms with E-state index in [0.29, 0.717) is 5.06 Å². The minimum absolute atomic E-state index is 0.0792. The van der Waals surface area contributed by atoms with Gasteiger partial charge in [0.05, 0.1) is 34.4 Å². The topological polar surface area (TPSA) is 90.0 Å². The summed E-state index contributed by atoms with van der Waals surface area (Å²) in [6.45, 7) is 0. The van der Waals surface area contributed by atoms with E-state index in [0.717, 1.165) is 0 Å². The van der Waals surface area contributed by atoms with Gasteiger partial charge in [0.15, 0.2) is 0 Å². The van der Waals surface area contributed by atoms with Crippen molar-refractivity contribution in [3.63, 3.8) is 0 Å². The van der Waals surface area contributed by atoms with Gasteiger partial charge < -0.3 is 9.57 Å². The van der Waals surface area contributed by atoms with E-state index in [1.807, 2.05) is 0 Å². The molecule has 2 aromatic rings. The number of amides is 2. The van der Waals surface area contributed by atoms with E-state index in [-0.39, 0.29) is 27.3 Å². The summed E-state index contributed by atoms with van der Waals surface area (Å²) in [5, 5.41) is 0.307. The fourth-order valence-electron chi connectivity index (χ4n) is 2.31. The van der Waals surface area contributed by atoms with Gasteiger partial charge in [0, 0.05) is 0 Å². The second-order valence-electron chi connectivity index (χ2n) is 5.02. The summed E-state index contributed by atoms with van der Waals surface area (Å²) in [6.07, 6.45) is 0. The summed E-state index contributed by atoms with van der Waals surface area (Å²) in [5.41, 5.74) is 0.329. The summed E-state index contributed by atoms with van der Waals surface area (Å²) in [4.78, 5) is 52.9. The maximum atomic E-state index is 12.2. The third-order valence-electron chi connectivity index (χ3n) is 3.54. The van der Waals surface area contributed by atoms with Gasteiger partial charge >= 0.3 is 11.9 Å². The van der Waals surface area contributed by atoms with Crippen LogP contribution in [0, 0.1) is 0 Å². The lowest BCUT2D eigenvalue weighted by Crippen LogP contribution is -2.32. The van der Waals surface area contributed by atoms with Gasteiger partial charge in [-0.3, -0.25) is 9.59 Å². The number of fused-ring (bicyclic) bond motifs is 1. The number of rotatable bonds is 3. The predicted octanol–water partition coefficient (Wildman–Crippen LogP) is 2.49. The lowest BCUT2D eigenvalue weighted by Gasteiger charge is -2.13. The van der Waals surface area contributed by atoms with Crippen LogP contribution in [0.4, 0.5) is 0 Å². The highest BCUT2D eigenvalue weighted by molar-refractivity contribution is 6.34. The summed E-state index contributed by atoms with van der Waals surface area (Å²) in [6, 6.07) is 9.90. The monoisotopic (exact) mass is 359 g/mol. The molecule has 1 aliphatic rings. The average Bonchev–Trinajstić information content (AvgIpc) is 2.86. The number of methoxy groups -OCH3 is 1. The molecule has 2 aromatic carbocycles. The van der Waals surface area contributed by atoms with Crippen LogP contribution >= 0.6 is 11.6 Å². The molecule has 8 heteroatoms. The Morgan fingerprint density at radius 2 is 1.56 bits per heavy atom. The molecule has 25 heavy (non-hydrogen) atoms. The summed E-state index contributed by atoms with van der Waals surface area (Å²) >= 11 is 5.98. The molecule has 2 amide bonds. The second-order valence-corrected chi connectivity index (χ2v) is 5.42. The minimum atomic E-state index is -1.00. The van der Waals surface area contributed by atoms with Gasteiger partial charge in [-0.2, -0.15) is 0 Å². The largest absolute Gasteiger partial charge is 0.465 e. The lowest BCUT2D eigenvalue weighted by molar-refractivity contribution is -0.0584. The molecule has 0 saturated heterocycles. The van der Waals surface area contributed by atoms with Crippen LogP contribution in [-0.2, 0) is 9.57 Å². The van der Waals surface area contributed by atoms with Gasteiger partial charge in [0.1, 0.15) is 0 Å². The third kappa shape index (κ3) is 2.85. The Hall–Kier alpha value is -3.19. The van der Waals surface area contributed by atoms with E-state index in [1.165, 1.54) is 37.4 Å². The number of nitrogens with zero attached hydrogens (tertiary/aromatic N) is 1. The van der Waals surface area contributed by atoms with Crippen molar-refractivity contribution < 1.29 is 28.8 Å². The molecule has 0 atom stereocenters. The van der Waals surface area contributed by atoms with E-state index in [2.05, 4.69) is 4.74 Å². The number of hydrogen-bond donors (Lipinski definition) is 0. The first kappa shape index (κ1) is 16.7. The van der Waals surface area contributed by atoms with Crippen molar-refractivity contribution in [1.82, 2.24) is 5.06 Å². The van der Waals surface area contributed by atoms with Crippen LogP contribution in [0.15, 0.2) is 42.5 Å². The summed E-state index contributed by atoms with van der Waals surface area (Å²) < 4.78 is 4.55. The van der Waals surface area contributed by atoms with Crippen molar-refractivity contribution in [3.8, 4) is 0 Å². The number of benzene rings is 2. The fraction of sp³-hybridized carbons (Fsp3) is 0.0588. The zero-order valence-electron chi connectivity index (χ0n) is 12.8. The Morgan fingerprint density at radius 1 is 0.960 bits per heavy atom. The van der Waals surface area contributed by atoms with Crippen molar-refractivity contribution in [3.05, 3.63) is 69.7 Å². The van der Waals surface area contributed by atoms with Crippen molar-refractivity contribution in [2.75, 3.05) is 7.11 Å². The number of halogens is 1. The zero-order valence-corrected chi connectivity index (χ0v) is 13.6. The second kappa shape index (κ2) is 6.37. The molecule has 126 valence electrons. The van der Waals surface area contributed by atoms with Crippen LogP contribution in [0.25, 0.3) is 0 Å². The number of carbonyl (C=O) groups is 4. The van der Waals surface area contributed by atoms with Crippen molar-refractivity contribution in [1.29, 1.82) is 0 Å². The van der Waals surface area contributed by atoms with Gasteiger partial charge in [0.2, 0.25) is 0 Å². The van der Waals surface area contributed by atoms with E-state index in [9.17, 15) is 19.2 Å². The van der Waals surface area contributed by atoms with Gasteiger partial charge in [-0.05, 0) is 30.3 Å². The first-order valence-corrected chi connectivity index (χ1v) is 7.40. The number of imide groups is 1. The minimum Gasteiger partial charge on any atom is -0.465 e. The van der Waals surface area contributed by atoms with Crippen LogP contribution < -0.4 is 0 Å². The van der Waals surface area contributed by atoms with Crippen LogP contribution in [0.2, 0.25) is 5.02 Å². The Balaban J connectivity index is 1.83. The molecule has 0 radical (unpaired) electrons. The molecule has 0 aliphatic carbocycles. The van der Waals surface area contributed by atoms with E-state index >= 15 is 0 Å². The third-order valence-corrected chi connectivity index (χ3v) is 3.85. The molecule has 1 aliphatic heterocycles. The lowest BCUT2D eigenvalue weighted by atomic mass is 10.1. The summed E-state index contributed by atoms with van der Waals surface area (Å²) in [7, 11) is 1.21. The maximum absolute atomic E-state index is 12.2. The first-order chi connectivity index (χ1) is 11.9. The Labute approximate surface area is 146 Å². The van der Waals surface area contributed by atoms with Crippen molar-refractivity contribution >= 4 is 35.4 Å². The van der Waals surface area contributed by atoms with E-state index < -0.39 is 23.8 Å². The Morgan fingerprint density at radius 3 is 2.08 bits per heavy atom. The van der Waals surface area contributed by atoms with Crippen LogP contribution in [0.1, 0.15) is 41.4 Å². The first-order valence-electron chi connectivity index (χ1n) is 7.02. The smallest absolute Gasteiger partial charge is 0.365 e. The number of esters is 1. The molecule has 0 saturated carbocycles. The standard InChI is InChI=1S/C17H10ClNO6/c1-24-16(22)9-6-7-12(13(18)8-9)17(23)25-19-14(20)10-4-2-3-5-11(10)15(19)21/h2-8H,1H3. The molecular weight excluding hydrogens is 350 g/mol. The SMILES string of the molecule is COC(=O)c1ccc(C(=O)ON2C(=O)c3ccccc3C2=O)c(Cl)c1. The number of hydrogen-bond acceptors (Lipinski definition) is 6. The predicted molar refractivity (Wildman–Crippen MR) is 85.1 cm³/mol. The molecular formula is C17H10ClNO6. The van der Waals surface area contributed by atoms with Gasteiger partial charge in [-0.15, -0.1) is 0 Å². The molecule has 0 spiro atoms. The Bertz CT molecular complexity index is 888. The Kier molecular flexibility index (Phi) is 4.24. The zero-order chi connectivity index (χ0) is 18.1. The molecule has 0 N–H and O–H groups in total. The number of hydroxylamine groups is 2. The molecule has 7 nitrogen and oxygen atoms in total. The van der Waals surface area contributed by atoms with Crippen molar-refractivity contribution in [2.24, 2.45) is 0 Å². The highest BCUT2D eigenvalue weighted by atomic mass is 35.5. The van der Waals surface area contributed by atoms with Crippen LogP contribution in [0.5, 0.6) is 0 Å². The highest BCUT2D eigenvalue weighted by Gasteiger charge is 2.39. The van der Waals surface area contributed by atoms with Crippen molar-refractivity contribution in [2.45, 2.75) is 0 Å². The highest BCUT2D eigenvalue weighted by Crippen LogP contribution is 2.25. The molecule has 0 aromatic heterocycles. The maximum Gasteiger partial charge on any atom is 0.365 e. The fourth-order valence-corrected chi connectivity index (χ4v) is 2.57. The van der Waals surface area contributed by atoms with E-state index in [1.54, 1.807) is 12.1 Å². The average molecular weight is 360 g/mol. The molecule has 1 heterocycles. The number of ether oxygens (including phenoxy) is 1. The number of carbonyl (C=O) groups excluding carboxylic acids is 4. The quantitative estimate of drug-likeness (QED) is 0.617. The van der Waals surface area contributed by atoms with Crippen LogP contribution in [-0.4, -0.2) is 35.9 Å². The van der Waals surface area contributed by atoms with Crippen LogP contribution in [0.3, 0.4) is 0 Å². The van der Waals surface area contributed by atoms with Gasteiger partial charge in [0.25, 0.3) is 11.8 Å². The van der Waals surface area contributed by atoms with Gasteiger partial charge in [-0.25, -0.2) is 9.59 Å².